The van der Waals surface area contributed by atoms with Crippen molar-refractivity contribution in [2.45, 2.75) is 18.9 Å². The van der Waals surface area contributed by atoms with Gasteiger partial charge in [0.15, 0.2) is 0 Å². The molecule has 5 rings (SSSR count). The van der Waals surface area contributed by atoms with Crippen molar-refractivity contribution in [1.29, 1.82) is 0 Å². The number of ether oxygens (including phenoxy) is 1. The number of carbonyl (C=O) groups excluding carboxylic acids is 1. The Morgan fingerprint density at radius 3 is 2.44 bits per heavy atom. The Bertz CT molecular complexity index is 1300. The molecule has 1 atom stereocenters. The van der Waals surface area contributed by atoms with Crippen LogP contribution in [0, 0.1) is 0 Å². The first-order valence-electron chi connectivity index (χ1n) is 10.2. The molecule has 1 saturated heterocycles. The molecule has 2 aromatic heterocycles. The zero-order valence-electron chi connectivity index (χ0n) is 16.9. The number of hydrogen-bond donors (Lipinski definition) is 2. The number of hydrogen-bond acceptors (Lipinski definition) is 7. The molecule has 8 nitrogen and oxygen atoms in total. The van der Waals surface area contributed by atoms with Crippen LogP contribution >= 0.6 is 11.3 Å². The van der Waals surface area contributed by atoms with Crippen molar-refractivity contribution in [3.63, 3.8) is 0 Å². The highest BCUT2D eigenvalue weighted by molar-refractivity contribution is 7.15. The first-order valence-corrected chi connectivity index (χ1v) is 11.0. The summed E-state index contributed by atoms with van der Waals surface area (Å²) in [5.74, 6) is -0.570. The summed E-state index contributed by atoms with van der Waals surface area (Å²) >= 11 is 1.25. The van der Waals surface area contributed by atoms with Gasteiger partial charge in [0, 0.05) is 17.7 Å². The third-order valence-electron chi connectivity index (χ3n) is 5.19. The third kappa shape index (κ3) is 3.95. The number of nitrogens with zero attached hydrogens (tertiary/aromatic N) is 3. The van der Waals surface area contributed by atoms with Crippen LogP contribution in [-0.4, -0.2) is 32.9 Å². The van der Waals surface area contributed by atoms with E-state index in [2.05, 4.69) is 25.7 Å². The van der Waals surface area contributed by atoms with E-state index in [0.717, 1.165) is 23.4 Å². The molecular formula is C23H19N5O3S. The number of H-pyrrole nitrogens is 1. The molecule has 0 radical (unpaired) electrons. The van der Waals surface area contributed by atoms with Gasteiger partial charge in [-0.25, -0.2) is 5.10 Å². The van der Waals surface area contributed by atoms with Crippen LogP contribution in [0.15, 0.2) is 65.5 Å². The molecule has 2 N–H and O–H groups in total. The number of amides is 1. The Labute approximate surface area is 187 Å². The summed E-state index contributed by atoms with van der Waals surface area (Å²) in [6.45, 7) is 0.695. The maximum Gasteiger partial charge on any atom is 0.277 e. The molecule has 0 aliphatic carbocycles. The van der Waals surface area contributed by atoms with Gasteiger partial charge < -0.3 is 4.74 Å². The summed E-state index contributed by atoms with van der Waals surface area (Å²) in [6, 6.07) is 18.7. The van der Waals surface area contributed by atoms with Crippen molar-refractivity contribution >= 4 is 22.4 Å². The van der Waals surface area contributed by atoms with E-state index in [-0.39, 0.29) is 11.7 Å². The fraction of sp³-hybridized carbons (Fsp3) is 0.174. The lowest BCUT2D eigenvalue weighted by Gasteiger charge is -2.13. The standard InChI is InChI=1S/C23H19N5O3S/c29-20(24-23-28-27-22(32-23)16-12-7-13-31-16)18-17(14-8-3-1-4-9-14)19(25-26-21(18)30)15-10-5-2-6-11-15/h1-6,8-11,16H,7,12-13H2,(H,26,30)(H,24,28,29)/t16-/m1/s1. The number of nitrogens with one attached hydrogen (secondary N) is 2. The molecule has 9 heteroatoms. The van der Waals surface area contributed by atoms with E-state index in [1.165, 1.54) is 11.3 Å². The zero-order chi connectivity index (χ0) is 21.9. The summed E-state index contributed by atoms with van der Waals surface area (Å²) < 4.78 is 5.63. The van der Waals surface area contributed by atoms with Gasteiger partial charge in [0.05, 0.1) is 5.69 Å². The molecule has 160 valence electrons. The van der Waals surface area contributed by atoms with Gasteiger partial charge in [-0.1, -0.05) is 72.0 Å². The monoisotopic (exact) mass is 445 g/mol. The Hall–Kier alpha value is -3.69. The Morgan fingerprint density at radius 1 is 1.03 bits per heavy atom. The molecule has 0 spiro atoms. The zero-order valence-corrected chi connectivity index (χ0v) is 17.8. The number of benzene rings is 2. The largest absolute Gasteiger partial charge is 0.371 e. The average molecular weight is 446 g/mol. The molecule has 0 bridgehead atoms. The van der Waals surface area contributed by atoms with Crippen molar-refractivity contribution in [2.75, 3.05) is 11.9 Å². The first-order chi connectivity index (χ1) is 15.7. The molecule has 1 amide bonds. The second kappa shape index (κ2) is 8.81. The van der Waals surface area contributed by atoms with Gasteiger partial charge in [0.1, 0.15) is 16.7 Å². The lowest BCUT2D eigenvalue weighted by atomic mass is 9.95. The van der Waals surface area contributed by atoms with Crippen molar-refractivity contribution < 1.29 is 9.53 Å². The number of aromatic nitrogens is 4. The maximum absolute atomic E-state index is 13.3. The highest BCUT2D eigenvalue weighted by atomic mass is 32.1. The molecule has 0 unspecified atom stereocenters. The van der Waals surface area contributed by atoms with Crippen LogP contribution in [0.4, 0.5) is 5.13 Å². The van der Waals surface area contributed by atoms with Crippen molar-refractivity contribution in [1.82, 2.24) is 20.4 Å². The topological polar surface area (TPSA) is 110 Å². The number of aromatic amines is 1. The third-order valence-corrected chi connectivity index (χ3v) is 6.12. The molecule has 1 aliphatic rings. The van der Waals surface area contributed by atoms with Crippen LogP contribution < -0.4 is 10.9 Å². The second-order valence-corrected chi connectivity index (χ2v) is 8.29. The van der Waals surface area contributed by atoms with Crippen molar-refractivity contribution in [3.8, 4) is 22.4 Å². The van der Waals surface area contributed by atoms with Gasteiger partial charge in [-0.15, -0.1) is 10.2 Å². The Balaban J connectivity index is 1.57. The Kier molecular flexibility index (Phi) is 5.57. The van der Waals surface area contributed by atoms with Crippen LogP contribution in [0.5, 0.6) is 0 Å². The predicted octanol–water partition coefficient (Wildman–Crippen LogP) is 4.06. The molecule has 0 saturated carbocycles. The van der Waals surface area contributed by atoms with Crippen LogP contribution in [0.25, 0.3) is 22.4 Å². The summed E-state index contributed by atoms with van der Waals surface area (Å²) in [5, 5.41) is 18.7. The summed E-state index contributed by atoms with van der Waals surface area (Å²) in [5.41, 5.74) is 1.87. The summed E-state index contributed by atoms with van der Waals surface area (Å²) in [4.78, 5) is 26.1. The minimum absolute atomic E-state index is 0.0288. The van der Waals surface area contributed by atoms with Gasteiger partial charge >= 0.3 is 0 Å². The highest BCUT2D eigenvalue weighted by Gasteiger charge is 2.26. The van der Waals surface area contributed by atoms with Gasteiger partial charge in [-0.2, -0.15) is 5.10 Å². The maximum atomic E-state index is 13.3. The molecule has 3 heterocycles. The normalized spacial score (nSPS) is 15.6. The van der Waals surface area contributed by atoms with E-state index in [4.69, 9.17) is 4.74 Å². The van der Waals surface area contributed by atoms with Gasteiger partial charge in [0.2, 0.25) is 5.13 Å². The summed E-state index contributed by atoms with van der Waals surface area (Å²) in [7, 11) is 0. The summed E-state index contributed by atoms with van der Waals surface area (Å²) in [6.07, 6.45) is 1.76. The van der Waals surface area contributed by atoms with E-state index < -0.39 is 11.5 Å². The van der Waals surface area contributed by atoms with Gasteiger partial charge in [-0.05, 0) is 18.4 Å². The average Bonchev–Trinajstić information content (AvgIpc) is 3.52. The highest BCUT2D eigenvalue weighted by Crippen LogP contribution is 2.34. The van der Waals surface area contributed by atoms with Crippen LogP contribution in [-0.2, 0) is 4.74 Å². The lowest BCUT2D eigenvalue weighted by molar-refractivity contribution is 0.102. The SMILES string of the molecule is O=C(Nc1nnc([C@H]2CCCO2)s1)c1c(-c2ccccc2)c(-c2ccccc2)n[nH]c1=O. The molecule has 4 aromatic rings. The Morgan fingerprint density at radius 2 is 1.75 bits per heavy atom. The molecular weight excluding hydrogens is 426 g/mol. The fourth-order valence-corrected chi connectivity index (χ4v) is 4.53. The second-order valence-electron chi connectivity index (χ2n) is 7.28. The van der Waals surface area contributed by atoms with E-state index >= 15 is 0 Å². The number of anilines is 1. The van der Waals surface area contributed by atoms with Gasteiger partial charge in [0.25, 0.3) is 11.5 Å². The molecule has 2 aromatic carbocycles. The minimum atomic E-state index is -0.579. The molecule has 32 heavy (non-hydrogen) atoms. The lowest BCUT2D eigenvalue weighted by Crippen LogP contribution is -2.26. The van der Waals surface area contributed by atoms with Crippen LogP contribution in [0.3, 0.4) is 0 Å². The predicted molar refractivity (Wildman–Crippen MR) is 122 cm³/mol. The number of carbonyl (C=O) groups is 1. The van der Waals surface area contributed by atoms with Gasteiger partial charge in [-0.3, -0.25) is 14.9 Å². The number of rotatable bonds is 5. The minimum Gasteiger partial charge on any atom is -0.371 e. The first kappa shape index (κ1) is 20.2. The van der Waals surface area contributed by atoms with Crippen molar-refractivity contribution in [3.05, 3.63) is 81.6 Å². The van der Waals surface area contributed by atoms with E-state index in [1.807, 2.05) is 60.7 Å². The fourth-order valence-electron chi connectivity index (χ4n) is 3.71. The quantitative estimate of drug-likeness (QED) is 0.479. The van der Waals surface area contributed by atoms with Crippen LogP contribution in [0.2, 0.25) is 0 Å². The smallest absolute Gasteiger partial charge is 0.277 e. The molecule has 1 aliphatic heterocycles. The van der Waals surface area contributed by atoms with E-state index in [0.29, 0.717) is 28.6 Å². The van der Waals surface area contributed by atoms with Crippen LogP contribution in [0.1, 0.15) is 34.3 Å². The van der Waals surface area contributed by atoms with E-state index in [1.54, 1.807) is 0 Å². The van der Waals surface area contributed by atoms with E-state index in [9.17, 15) is 9.59 Å². The molecule has 1 fully saturated rings. The van der Waals surface area contributed by atoms with Crippen molar-refractivity contribution in [2.24, 2.45) is 0 Å².